The van der Waals surface area contributed by atoms with E-state index in [-0.39, 0.29) is 11.5 Å². The average Bonchev–Trinajstić information content (AvgIpc) is 3.60. The number of carbonyl (C=O) groups excluding carboxylic acids is 1. The van der Waals surface area contributed by atoms with Gasteiger partial charge in [0.15, 0.2) is 5.78 Å². The van der Waals surface area contributed by atoms with Crippen LogP contribution in [-0.4, -0.2) is 38.4 Å². The molecule has 0 saturated heterocycles. The standard InChI is InChI=1S/C24H20N4O2S3/c1-14-21(18-10-17(30-3)4-5-19(18)28(14)2)20(29)13-33-24-25-22(15-6-8-31-11-15)23(26-27-24)16-7-9-32-12-16/h4-12H,13H2,1-3H3. The molecule has 0 aliphatic heterocycles. The fourth-order valence-corrected chi connectivity index (χ4v) is 5.74. The maximum Gasteiger partial charge on any atom is 0.210 e. The minimum Gasteiger partial charge on any atom is -0.497 e. The Hall–Kier alpha value is -3.01. The van der Waals surface area contributed by atoms with E-state index >= 15 is 0 Å². The lowest BCUT2D eigenvalue weighted by Crippen LogP contribution is -2.06. The number of thiophene rings is 2. The summed E-state index contributed by atoms with van der Waals surface area (Å²) in [4.78, 5) is 18.1. The van der Waals surface area contributed by atoms with Crippen LogP contribution in [0.2, 0.25) is 0 Å². The molecule has 0 N–H and O–H groups in total. The summed E-state index contributed by atoms with van der Waals surface area (Å²) < 4.78 is 7.41. The van der Waals surface area contributed by atoms with Crippen LogP contribution in [0.4, 0.5) is 0 Å². The van der Waals surface area contributed by atoms with Crippen LogP contribution in [0, 0.1) is 6.92 Å². The van der Waals surface area contributed by atoms with Gasteiger partial charge in [-0.2, -0.15) is 22.7 Å². The summed E-state index contributed by atoms with van der Waals surface area (Å²) in [5.41, 5.74) is 6.16. The van der Waals surface area contributed by atoms with Crippen molar-refractivity contribution in [2.24, 2.45) is 7.05 Å². The zero-order valence-corrected chi connectivity index (χ0v) is 20.7. The van der Waals surface area contributed by atoms with E-state index in [0.29, 0.717) is 10.7 Å². The number of hydrogen-bond donors (Lipinski definition) is 0. The molecule has 0 aliphatic carbocycles. The molecular weight excluding hydrogens is 472 g/mol. The number of aromatic nitrogens is 4. The third-order valence-electron chi connectivity index (χ3n) is 5.57. The smallest absolute Gasteiger partial charge is 0.210 e. The Kier molecular flexibility index (Phi) is 6.01. The van der Waals surface area contributed by atoms with E-state index in [9.17, 15) is 4.79 Å². The van der Waals surface area contributed by atoms with Gasteiger partial charge in [-0.15, -0.1) is 10.2 Å². The quantitative estimate of drug-likeness (QED) is 0.202. The number of ketones is 1. The predicted molar refractivity (Wildman–Crippen MR) is 136 cm³/mol. The van der Waals surface area contributed by atoms with Crippen molar-refractivity contribution in [1.29, 1.82) is 0 Å². The molecule has 166 valence electrons. The number of aryl methyl sites for hydroxylation is 1. The van der Waals surface area contributed by atoms with E-state index in [1.165, 1.54) is 11.8 Å². The molecule has 0 spiro atoms. The number of rotatable bonds is 7. The second kappa shape index (κ2) is 9.09. The molecule has 5 rings (SSSR count). The zero-order chi connectivity index (χ0) is 22.9. The second-order valence-corrected chi connectivity index (χ2v) is 9.93. The number of thioether (sulfide) groups is 1. The Morgan fingerprint density at radius 3 is 2.45 bits per heavy atom. The normalized spacial score (nSPS) is 11.2. The van der Waals surface area contributed by atoms with Crippen molar-refractivity contribution in [3.8, 4) is 28.3 Å². The molecule has 0 saturated carbocycles. The first-order valence-electron chi connectivity index (χ1n) is 10.2. The molecule has 6 nitrogen and oxygen atoms in total. The highest BCUT2D eigenvalue weighted by Gasteiger charge is 2.21. The predicted octanol–water partition coefficient (Wildman–Crippen LogP) is 6.11. The first kappa shape index (κ1) is 21.8. The molecule has 0 radical (unpaired) electrons. The highest BCUT2D eigenvalue weighted by molar-refractivity contribution is 7.99. The summed E-state index contributed by atoms with van der Waals surface area (Å²) in [6.07, 6.45) is 0. The molecule has 4 aromatic heterocycles. The largest absolute Gasteiger partial charge is 0.497 e. The van der Waals surface area contributed by atoms with E-state index < -0.39 is 0 Å². The number of benzene rings is 1. The van der Waals surface area contributed by atoms with Crippen molar-refractivity contribution in [2.75, 3.05) is 12.9 Å². The minimum atomic E-state index is 0.0268. The Morgan fingerprint density at radius 1 is 1.06 bits per heavy atom. The van der Waals surface area contributed by atoms with Crippen LogP contribution < -0.4 is 4.74 Å². The summed E-state index contributed by atoms with van der Waals surface area (Å²) in [5.74, 6) is 0.977. The molecule has 0 amide bonds. The van der Waals surface area contributed by atoms with Gasteiger partial charge >= 0.3 is 0 Å². The van der Waals surface area contributed by atoms with Crippen molar-refractivity contribution in [2.45, 2.75) is 12.1 Å². The third kappa shape index (κ3) is 4.07. The van der Waals surface area contributed by atoms with Gasteiger partial charge in [0.05, 0.1) is 12.9 Å². The maximum atomic E-state index is 13.3. The van der Waals surface area contributed by atoms with Gasteiger partial charge in [-0.05, 0) is 48.0 Å². The van der Waals surface area contributed by atoms with E-state index in [1.54, 1.807) is 29.8 Å². The Balaban J connectivity index is 1.45. The van der Waals surface area contributed by atoms with Crippen LogP contribution in [-0.2, 0) is 7.05 Å². The van der Waals surface area contributed by atoms with E-state index in [1.807, 2.05) is 70.4 Å². The van der Waals surface area contributed by atoms with Crippen molar-refractivity contribution in [3.63, 3.8) is 0 Å². The third-order valence-corrected chi connectivity index (χ3v) is 7.77. The topological polar surface area (TPSA) is 69.9 Å². The van der Waals surface area contributed by atoms with Crippen molar-refractivity contribution in [3.05, 3.63) is 63.1 Å². The molecule has 0 fully saturated rings. The fourth-order valence-electron chi connectivity index (χ4n) is 3.80. The van der Waals surface area contributed by atoms with Gasteiger partial charge in [0.25, 0.3) is 0 Å². The molecule has 0 atom stereocenters. The van der Waals surface area contributed by atoms with Gasteiger partial charge in [0.2, 0.25) is 5.16 Å². The van der Waals surface area contributed by atoms with E-state index in [4.69, 9.17) is 9.72 Å². The number of hydrogen-bond acceptors (Lipinski definition) is 8. The molecule has 5 aromatic rings. The van der Waals surface area contributed by atoms with Gasteiger partial charge in [-0.25, -0.2) is 4.98 Å². The van der Waals surface area contributed by atoms with Crippen LogP contribution in [0.25, 0.3) is 33.4 Å². The second-order valence-electron chi connectivity index (χ2n) is 7.43. The van der Waals surface area contributed by atoms with E-state index in [2.05, 4.69) is 10.2 Å². The summed E-state index contributed by atoms with van der Waals surface area (Å²) in [5, 5.41) is 18.3. The lowest BCUT2D eigenvalue weighted by Gasteiger charge is -2.07. The number of nitrogens with zero attached hydrogens (tertiary/aromatic N) is 4. The lowest BCUT2D eigenvalue weighted by atomic mass is 10.1. The molecular formula is C24H20N4O2S3. The van der Waals surface area contributed by atoms with Crippen LogP contribution in [0.5, 0.6) is 5.75 Å². The lowest BCUT2D eigenvalue weighted by molar-refractivity contribution is 0.102. The van der Waals surface area contributed by atoms with Gasteiger partial charge in [0.1, 0.15) is 17.1 Å². The van der Waals surface area contributed by atoms with Crippen molar-refractivity contribution in [1.82, 2.24) is 19.7 Å². The van der Waals surface area contributed by atoms with Crippen molar-refractivity contribution < 1.29 is 9.53 Å². The number of ether oxygens (including phenoxy) is 1. The van der Waals surface area contributed by atoms with Crippen LogP contribution in [0.1, 0.15) is 16.1 Å². The van der Waals surface area contributed by atoms with E-state index in [0.717, 1.165) is 44.9 Å². The van der Waals surface area contributed by atoms with Crippen LogP contribution >= 0.6 is 34.4 Å². The summed E-state index contributed by atoms with van der Waals surface area (Å²) in [6, 6.07) is 9.85. The Bertz CT molecular complexity index is 1440. The minimum absolute atomic E-state index is 0.0268. The average molecular weight is 493 g/mol. The fraction of sp³-hybridized carbons (Fsp3) is 0.167. The summed E-state index contributed by atoms with van der Waals surface area (Å²) in [6.45, 7) is 1.97. The van der Waals surface area contributed by atoms with Crippen molar-refractivity contribution >= 4 is 51.1 Å². The molecule has 4 heterocycles. The monoisotopic (exact) mass is 492 g/mol. The molecule has 33 heavy (non-hydrogen) atoms. The van der Waals surface area contributed by atoms with Crippen LogP contribution in [0.3, 0.4) is 0 Å². The van der Waals surface area contributed by atoms with Gasteiger partial charge in [-0.1, -0.05) is 11.8 Å². The molecule has 1 aromatic carbocycles. The first-order valence-corrected chi connectivity index (χ1v) is 13.0. The molecule has 9 heteroatoms. The van der Waals surface area contributed by atoms with Gasteiger partial charge in [0, 0.05) is 51.1 Å². The number of methoxy groups -OCH3 is 1. The highest BCUT2D eigenvalue weighted by Crippen LogP contribution is 2.33. The molecule has 0 aliphatic rings. The maximum absolute atomic E-state index is 13.3. The van der Waals surface area contributed by atoms with Crippen LogP contribution in [0.15, 0.2) is 57.0 Å². The first-order chi connectivity index (χ1) is 16.1. The molecule has 0 bridgehead atoms. The van der Waals surface area contributed by atoms with Gasteiger partial charge < -0.3 is 9.30 Å². The molecule has 0 unspecified atom stereocenters. The SMILES string of the molecule is COc1ccc2c(c1)c(C(=O)CSc1nnc(-c3ccsc3)c(-c3ccsc3)n1)c(C)n2C. The summed E-state index contributed by atoms with van der Waals surface area (Å²) in [7, 11) is 3.60. The highest BCUT2D eigenvalue weighted by atomic mass is 32.2. The zero-order valence-electron chi connectivity index (χ0n) is 18.2. The number of Topliss-reactive ketones (excluding diaryl/α,β-unsaturated/α-hetero) is 1. The number of carbonyl (C=O) groups is 1. The Morgan fingerprint density at radius 2 is 1.79 bits per heavy atom. The number of fused-ring (bicyclic) bond motifs is 1. The Labute approximate surface area is 203 Å². The summed E-state index contributed by atoms with van der Waals surface area (Å²) >= 11 is 4.53. The van der Waals surface area contributed by atoms with Gasteiger partial charge in [-0.3, -0.25) is 4.79 Å².